The summed E-state index contributed by atoms with van der Waals surface area (Å²) in [5.41, 5.74) is 2.37. The molecule has 0 aliphatic heterocycles. The van der Waals surface area contributed by atoms with Crippen molar-refractivity contribution in [1.29, 1.82) is 0 Å². The predicted octanol–water partition coefficient (Wildman–Crippen LogP) is 1.49. The van der Waals surface area contributed by atoms with Gasteiger partial charge in [-0.2, -0.15) is 10.1 Å². The van der Waals surface area contributed by atoms with E-state index < -0.39 is 0 Å². The highest BCUT2D eigenvalue weighted by atomic mass is 16.5. The van der Waals surface area contributed by atoms with Gasteiger partial charge in [-0.1, -0.05) is 12.1 Å². The van der Waals surface area contributed by atoms with Crippen LogP contribution in [-0.4, -0.2) is 26.5 Å². The van der Waals surface area contributed by atoms with Crippen molar-refractivity contribution in [2.45, 2.75) is 46.7 Å². The van der Waals surface area contributed by atoms with E-state index in [2.05, 4.69) is 40.5 Å². The van der Waals surface area contributed by atoms with Crippen LogP contribution >= 0.6 is 0 Å². The maximum atomic E-state index is 4.93. The molecule has 2 heterocycles. The van der Waals surface area contributed by atoms with Crippen LogP contribution in [0.15, 0.2) is 10.6 Å². The van der Waals surface area contributed by atoms with Gasteiger partial charge in [0.25, 0.3) is 0 Å². The van der Waals surface area contributed by atoms with E-state index in [1.54, 1.807) is 6.92 Å². The molecule has 0 saturated heterocycles. The van der Waals surface area contributed by atoms with Crippen molar-refractivity contribution >= 4 is 0 Å². The van der Waals surface area contributed by atoms with E-state index in [-0.39, 0.29) is 0 Å². The SMILES string of the molecule is CCc1cc(CNCCc2noc(C)n2)n(CC)n1. The highest BCUT2D eigenvalue weighted by molar-refractivity contribution is 5.10. The first-order chi connectivity index (χ1) is 9.22. The van der Waals surface area contributed by atoms with Crippen LogP contribution in [0.25, 0.3) is 0 Å². The van der Waals surface area contributed by atoms with Crippen LogP contribution < -0.4 is 5.32 Å². The van der Waals surface area contributed by atoms with Crippen LogP contribution in [0.4, 0.5) is 0 Å². The van der Waals surface area contributed by atoms with Crippen molar-refractivity contribution in [2.75, 3.05) is 6.54 Å². The summed E-state index contributed by atoms with van der Waals surface area (Å²) in [5.74, 6) is 1.37. The third-order valence-corrected chi connectivity index (χ3v) is 2.98. The van der Waals surface area contributed by atoms with Gasteiger partial charge in [0, 0.05) is 33.0 Å². The Bertz CT molecular complexity index is 517. The molecule has 0 aliphatic carbocycles. The van der Waals surface area contributed by atoms with Crippen molar-refractivity contribution in [3.8, 4) is 0 Å². The molecule has 0 saturated carbocycles. The van der Waals surface area contributed by atoms with Gasteiger partial charge in [-0.15, -0.1) is 0 Å². The third-order valence-electron chi connectivity index (χ3n) is 2.98. The van der Waals surface area contributed by atoms with Crippen molar-refractivity contribution < 1.29 is 4.52 Å². The first-order valence-electron chi connectivity index (χ1n) is 6.78. The average molecular weight is 263 g/mol. The zero-order chi connectivity index (χ0) is 13.7. The second-order valence-corrected chi connectivity index (χ2v) is 4.45. The molecule has 0 fully saturated rings. The smallest absolute Gasteiger partial charge is 0.223 e. The summed E-state index contributed by atoms with van der Waals surface area (Å²) in [7, 11) is 0. The van der Waals surface area contributed by atoms with Gasteiger partial charge in [0.2, 0.25) is 5.89 Å². The molecule has 0 spiro atoms. The lowest BCUT2D eigenvalue weighted by Gasteiger charge is -2.05. The van der Waals surface area contributed by atoms with E-state index in [9.17, 15) is 0 Å². The van der Waals surface area contributed by atoms with Crippen LogP contribution in [0.3, 0.4) is 0 Å². The van der Waals surface area contributed by atoms with Gasteiger partial charge in [-0.05, 0) is 19.4 Å². The zero-order valence-electron chi connectivity index (χ0n) is 11.8. The molecule has 0 radical (unpaired) electrons. The Morgan fingerprint density at radius 2 is 2.21 bits per heavy atom. The Labute approximate surface area is 113 Å². The highest BCUT2D eigenvalue weighted by Crippen LogP contribution is 2.05. The molecule has 0 amide bonds. The van der Waals surface area contributed by atoms with Crippen LogP contribution in [0.5, 0.6) is 0 Å². The Hall–Kier alpha value is -1.69. The van der Waals surface area contributed by atoms with Gasteiger partial charge in [-0.25, -0.2) is 0 Å². The van der Waals surface area contributed by atoms with E-state index in [0.29, 0.717) is 5.89 Å². The van der Waals surface area contributed by atoms with Gasteiger partial charge in [-0.3, -0.25) is 4.68 Å². The topological polar surface area (TPSA) is 68.8 Å². The Balaban J connectivity index is 1.80. The van der Waals surface area contributed by atoms with Gasteiger partial charge >= 0.3 is 0 Å². The maximum absolute atomic E-state index is 4.93. The van der Waals surface area contributed by atoms with Crippen molar-refractivity contribution in [3.05, 3.63) is 29.2 Å². The molecule has 0 aliphatic rings. The first kappa shape index (κ1) is 13.7. The fourth-order valence-electron chi connectivity index (χ4n) is 1.96. The molecule has 19 heavy (non-hydrogen) atoms. The minimum Gasteiger partial charge on any atom is -0.340 e. The lowest BCUT2D eigenvalue weighted by molar-refractivity contribution is 0.387. The summed E-state index contributed by atoms with van der Waals surface area (Å²) >= 11 is 0. The summed E-state index contributed by atoms with van der Waals surface area (Å²) in [6.07, 6.45) is 1.75. The molecular weight excluding hydrogens is 242 g/mol. The third kappa shape index (κ3) is 3.64. The Kier molecular flexibility index (Phi) is 4.68. The highest BCUT2D eigenvalue weighted by Gasteiger charge is 2.06. The molecule has 2 aromatic rings. The van der Waals surface area contributed by atoms with Crippen LogP contribution in [0, 0.1) is 6.92 Å². The molecule has 2 rings (SSSR count). The average Bonchev–Trinajstić information content (AvgIpc) is 3.00. The number of hydrogen-bond donors (Lipinski definition) is 1. The summed E-state index contributed by atoms with van der Waals surface area (Å²) in [5, 5.41) is 11.8. The number of nitrogens with zero attached hydrogens (tertiary/aromatic N) is 4. The lowest BCUT2D eigenvalue weighted by Crippen LogP contribution is -2.19. The molecule has 0 unspecified atom stereocenters. The predicted molar refractivity (Wildman–Crippen MR) is 71.7 cm³/mol. The fourth-order valence-corrected chi connectivity index (χ4v) is 1.96. The van der Waals surface area contributed by atoms with Gasteiger partial charge in [0.15, 0.2) is 5.82 Å². The standard InChI is InChI=1S/C13H21N5O/c1-4-11-8-12(18(5-2)16-11)9-14-7-6-13-15-10(3)19-17-13/h8,14H,4-7,9H2,1-3H3. The molecule has 6 nitrogen and oxygen atoms in total. The van der Waals surface area contributed by atoms with Gasteiger partial charge < -0.3 is 9.84 Å². The first-order valence-corrected chi connectivity index (χ1v) is 6.78. The summed E-state index contributed by atoms with van der Waals surface area (Å²) < 4.78 is 6.98. The number of rotatable bonds is 7. The van der Waals surface area contributed by atoms with E-state index in [4.69, 9.17) is 4.52 Å². The minimum atomic E-state index is 0.617. The van der Waals surface area contributed by atoms with Crippen molar-refractivity contribution in [1.82, 2.24) is 25.2 Å². The van der Waals surface area contributed by atoms with Crippen LogP contribution in [0.1, 0.15) is 37.0 Å². The van der Waals surface area contributed by atoms with Gasteiger partial charge in [0.05, 0.1) is 11.4 Å². The van der Waals surface area contributed by atoms with E-state index >= 15 is 0 Å². The zero-order valence-corrected chi connectivity index (χ0v) is 11.8. The fraction of sp³-hybridized carbons (Fsp3) is 0.615. The molecule has 1 N–H and O–H groups in total. The summed E-state index contributed by atoms with van der Waals surface area (Å²) in [4.78, 5) is 4.17. The second kappa shape index (κ2) is 6.47. The van der Waals surface area contributed by atoms with Crippen LogP contribution in [-0.2, 0) is 25.9 Å². The number of aromatic nitrogens is 4. The molecule has 0 aromatic carbocycles. The number of hydrogen-bond acceptors (Lipinski definition) is 5. The summed E-state index contributed by atoms with van der Waals surface area (Å²) in [6.45, 7) is 8.58. The molecule has 0 bridgehead atoms. The van der Waals surface area contributed by atoms with E-state index in [1.165, 1.54) is 5.69 Å². The normalized spacial score (nSPS) is 11.1. The molecule has 104 valence electrons. The molecule has 0 atom stereocenters. The number of aryl methyl sites for hydroxylation is 3. The minimum absolute atomic E-state index is 0.617. The second-order valence-electron chi connectivity index (χ2n) is 4.45. The van der Waals surface area contributed by atoms with Crippen molar-refractivity contribution in [3.63, 3.8) is 0 Å². The monoisotopic (exact) mass is 263 g/mol. The summed E-state index contributed by atoms with van der Waals surface area (Å²) in [6, 6.07) is 2.16. The lowest BCUT2D eigenvalue weighted by atomic mass is 10.3. The largest absolute Gasteiger partial charge is 0.340 e. The van der Waals surface area contributed by atoms with E-state index in [1.807, 2.05) is 4.68 Å². The van der Waals surface area contributed by atoms with E-state index in [0.717, 1.165) is 44.0 Å². The molecule has 2 aromatic heterocycles. The van der Waals surface area contributed by atoms with Crippen LogP contribution in [0.2, 0.25) is 0 Å². The van der Waals surface area contributed by atoms with Gasteiger partial charge in [0.1, 0.15) is 0 Å². The maximum Gasteiger partial charge on any atom is 0.223 e. The van der Waals surface area contributed by atoms with Crippen molar-refractivity contribution in [2.24, 2.45) is 0 Å². The molecular formula is C13H21N5O. The Morgan fingerprint density at radius 3 is 2.84 bits per heavy atom. The Morgan fingerprint density at radius 1 is 1.37 bits per heavy atom. The molecule has 6 heteroatoms. The number of nitrogens with one attached hydrogen (secondary N) is 1. The quantitative estimate of drug-likeness (QED) is 0.766.